The largest absolute Gasteiger partial charge is 0.378 e. The topological polar surface area (TPSA) is 82.7 Å². The molecular formula is C21H26N4O3. The number of anilines is 3. The SMILES string of the molecule is CNC(=O)c1cccc(N[C@@H](C)C(=O)Nc2ccc(N3CCOCC3)cc2)c1. The third-order valence-corrected chi connectivity index (χ3v) is 4.64. The Bertz CT molecular complexity index is 817. The van der Waals surface area contributed by atoms with Crippen LogP contribution in [0.4, 0.5) is 17.1 Å². The molecule has 1 saturated heterocycles. The van der Waals surface area contributed by atoms with Crippen LogP contribution in [0, 0.1) is 0 Å². The van der Waals surface area contributed by atoms with Crippen LogP contribution >= 0.6 is 0 Å². The molecule has 1 fully saturated rings. The third kappa shape index (κ3) is 5.01. The highest BCUT2D eigenvalue weighted by Crippen LogP contribution is 2.19. The van der Waals surface area contributed by atoms with Gasteiger partial charge in [-0.25, -0.2) is 0 Å². The van der Waals surface area contributed by atoms with E-state index >= 15 is 0 Å². The Kier molecular flexibility index (Phi) is 6.49. The van der Waals surface area contributed by atoms with E-state index < -0.39 is 6.04 Å². The third-order valence-electron chi connectivity index (χ3n) is 4.64. The first-order valence-electron chi connectivity index (χ1n) is 9.39. The maximum absolute atomic E-state index is 12.5. The average Bonchev–Trinajstić information content (AvgIpc) is 2.74. The van der Waals surface area contributed by atoms with Crippen LogP contribution in [0.15, 0.2) is 48.5 Å². The smallest absolute Gasteiger partial charge is 0.251 e. The van der Waals surface area contributed by atoms with Crippen LogP contribution in [0.2, 0.25) is 0 Å². The lowest BCUT2D eigenvalue weighted by molar-refractivity contribution is -0.116. The first-order valence-corrected chi connectivity index (χ1v) is 9.39. The van der Waals surface area contributed by atoms with Gasteiger partial charge in [-0.1, -0.05) is 6.07 Å². The molecule has 0 unspecified atom stereocenters. The molecule has 0 radical (unpaired) electrons. The number of nitrogens with one attached hydrogen (secondary N) is 3. The number of nitrogens with zero attached hydrogens (tertiary/aromatic N) is 1. The van der Waals surface area contributed by atoms with Gasteiger partial charge in [0.1, 0.15) is 6.04 Å². The van der Waals surface area contributed by atoms with Gasteiger partial charge in [0, 0.05) is 42.8 Å². The van der Waals surface area contributed by atoms with Gasteiger partial charge in [0.2, 0.25) is 5.91 Å². The first-order chi connectivity index (χ1) is 13.6. The van der Waals surface area contributed by atoms with E-state index in [0.29, 0.717) is 11.3 Å². The number of hydrogen-bond donors (Lipinski definition) is 3. The zero-order valence-corrected chi connectivity index (χ0v) is 16.2. The fourth-order valence-electron chi connectivity index (χ4n) is 3.04. The Morgan fingerprint density at radius 3 is 2.43 bits per heavy atom. The van der Waals surface area contributed by atoms with E-state index in [1.165, 1.54) is 0 Å². The summed E-state index contributed by atoms with van der Waals surface area (Å²) in [5, 5.41) is 8.64. The average molecular weight is 382 g/mol. The number of carbonyl (C=O) groups is 2. The van der Waals surface area contributed by atoms with Gasteiger partial charge in [0.25, 0.3) is 5.91 Å². The summed E-state index contributed by atoms with van der Waals surface area (Å²) < 4.78 is 5.37. The Balaban J connectivity index is 1.57. The van der Waals surface area contributed by atoms with Crippen molar-refractivity contribution in [3.63, 3.8) is 0 Å². The van der Waals surface area contributed by atoms with Crippen LogP contribution < -0.4 is 20.9 Å². The second-order valence-corrected chi connectivity index (χ2v) is 6.66. The highest BCUT2D eigenvalue weighted by Gasteiger charge is 2.15. The lowest BCUT2D eigenvalue weighted by atomic mass is 10.1. The Morgan fingerprint density at radius 1 is 1.04 bits per heavy atom. The molecule has 1 aliphatic heterocycles. The first kappa shape index (κ1) is 19.7. The fraction of sp³-hybridized carbons (Fsp3) is 0.333. The van der Waals surface area contributed by atoms with Gasteiger partial charge in [-0.3, -0.25) is 9.59 Å². The Hall–Kier alpha value is -3.06. The van der Waals surface area contributed by atoms with Crippen molar-refractivity contribution in [1.82, 2.24) is 5.32 Å². The molecule has 148 valence electrons. The monoisotopic (exact) mass is 382 g/mol. The van der Waals surface area contributed by atoms with Crippen molar-refractivity contribution in [2.45, 2.75) is 13.0 Å². The van der Waals surface area contributed by atoms with Crippen LogP contribution in [0.5, 0.6) is 0 Å². The van der Waals surface area contributed by atoms with Gasteiger partial charge in [-0.2, -0.15) is 0 Å². The summed E-state index contributed by atoms with van der Waals surface area (Å²) in [4.78, 5) is 26.5. The minimum Gasteiger partial charge on any atom is -0.378 e. The minimum absolute atomic E-state index is 0.149. The molecule has 1 aliphatic rings. The molecule has 2 aromatic rings. The summed E-state index contributed by atoms with van der Waals surface area (Å²) in [6.07, 6.45) is 0. The summed E-state index contributed by atoms with van der Waals surface area (Å²) in [6, 6.07) is 14.4. The fourth-order valence-corrected chi connectivity index (χ4v) is 3.04. The highest BCUT2D eigenvalue weighted by molar-refractivity contribution is 5.97. The maximum Gasteiger partial charge on any atom is 0.251 e. The van der Waals surface area contributed by atoms with Gasteiger partial charge < -0.3 is 25.6 Å². The Morgan fingerprint density at radius 2 is 1.75 bits per heavy atom. The van der Waals surface area contributed by atoms with E-state index in [9.17, 15) is 9.59 Å². The van der Waals surface area contributed by atoms with E-state index in [-0.39, 0.29) is 11.8 Å². The predicted molar refractivity (Wildman–Crippen MR) is 111 cm³/mol. The van der Waals surface area contributed by atoms with E-state index in [4.69, 9.17) is 4.74 Å². The van der Waals surface area contributed by atoms with Gasteiger partial charge in [-0.15, -0.1) is 0 Å². The number of morpholine rings is 1. The van der Waals surface area contributed by atoms with E-state index in [0.717, 1.165) is 37.7 Å². The second-order valence-electron chi connectivity index (χ2n) is 6.66. The molecule has 2 aromatic carbocycles. The van der Waals surface area contributed by atoms with Crippen LogP contribution in [-0.2, 0) is 9.53 Å². The summed E-state index contributed by atoms with van der Waals surface area (Å²) in [5.74, 6) is -0.314. The van der Waals surface area contributed by atoms with E-state index in [1.54, 1.807) is 32.2 Å². The van der Waals surface area contributed by atoms with Gasteiger partial charge >= 0.3 is 0 Å². The van der Waals surface area contributed by atoms with Crippen molar-refractivity contribution in [3.8, 4) is 0 Å². The lowest BCUT2D eigenvalue weighted by Gasteiger charge is -2.29. The molecule has 0 aromatic heterocycles. The van der Waals surface area contributed by atoms with Gasteiger partial charge in [-0.05, 0) is 49.4 Å². The van der Waals surface area contributed by atoms with Crippen molar-refractivity contribution in [1.29, 1.82) is 0 Å². The number of ether oxygens (including phenoxy) is 1. The molecule has 1 heterocycles. The summed E-state index contributed by atoms with van der Waals surface area (Å²) in [7, 11) is 1.59. The van der Waals surface area contributed by atoms with Crippen molar-refractivity contribution in [2.24, 2.45) is 0 Å². The van der Waals surface area contributed by atoms with Gasteiger partial charge in [0.05, 0.1) is 13.2 Å². The quantitative estimate of drug-likeness (QED) is 0.714. The highest BCUT2D eigenvalue weighted by atomic mass is 16.5. The van der Waals surface area contributed by atoms with Crippen molar-refractivity contribution in [3.05, 3.63) is 54.1 Å². The second kappa shape index (κ2) is 9.23. The molecule has 7 heteroatoms. The molecule has 0 aliphatic carbocycles. The van der Waals surface area contributed by atoms with Crippen molar-refractivity contribution < 1.29 is 14.3 Å². The number of hydrogen-bond acceptors (Lipinski definition) is 5. The van der Waals surface area contributed by atoms with Crippen LogP contribution in [-0.4, -0.2) is 51.2 Å². The molecule has 3 rings (SSSR count). The minimum atomic E-state index is -0.459. The molecule has 7 nitrogen and oxygen atoms in total. The van der Waals surface area contributed by atoms with Crippen molar-refractivity contribution >= 4 is 28.9 Å². The standard InChI is InChI=1S/C21H26N4O3/c1-15(23-18-5-3-4-16(14-18)21(27)22-2)20(26)24-17-6-8-19(9-7-17)25-10-12-28-13-11-25/h3-9,14-15,23H,10-13H2,1-2H3,(H,22,27)(H,24,26)/t15-/m0/s1. The lowest BCUT2D eigenvalue weighted by Crippen LogP contribution is -2.36. The molecular weight excluding hydrogens is 356 g/mol. The molecule has 0 saturated carbocycles. The predicted octanol–water partition coefficient (Wildman–Crippen LogP) is 2.32. The van der Waals surface area contributed by atoms with Gasteiger partial charge in [0.15, 0.2) is 0 Å². The number of rotatable bonds is 6. The molecule has 2 amide bonds. The molecule has 28 heavy (non-hydrogen) atoms. The zero-order valence-electron chi connectivity index (χ0n) is 16.2. The number of benzene rings is 2. The van der Waals surface area contributed by atoms with Crippen LogP contribution in [0.1, 0.15) is 17.3 Å². The summed E-state index contributed by atoms with van der Waals surface area (Å²) in [5.41, 5.74) is 3.12. The number of amides is 2. The van der Waals surface area contributed by atoms with Crippen LogP contribution in [0.25, 0.3) is 0 Å². The maximum atomic E-state index is 12.5. The van der Waals surface area contributed by atoms with E-state index in [2.05, 4.69) is 20.9 Å². The normalized spacial score (nSPS) is 14.9. The zero-order chi connectivity index (χ0) is 19.9. The molecule has 0 spiro atoms. The van der Waals surface area contributed by atoms with Crippen molar-refractivity contribution in [2.75, 3.05) is 48.9 Å². The molecule has 0 bridgehead atoms. The summed E-state index contributed by atoms with van der Waals surface area (Å²) >= 11 is 0. The molecule has 1 atom stereocenters. The van der Waals surface area contributed by atoms with Crippen LogP contribution in [0.3, 0.4) is 0 Å². The molecule has 3 N–H and O–H groups in total. The number of carbonyl (C=O) groups excluding carboxylic acids is 2. The Labute approximate surface area is 165 Å². The summed E-state index contributed by atoms with van der Waals surface area (Å²) in [6.45, 7) is 5.01. The van der Waals surface area contributed by atoms with E-state index in [1.807, 2.05) is 30.3 Å².